The van der Waals surface area contributed by atoms with Gasteiger partial charge < -0.3 is 10.2 Å². The third-order valence-corrected chi connectivity index (χ3v) is 2.48. The minimum absolute atomic E-state index is 0.0132. The van der Waals surface area contributed by atoms with Crippen molar-refractivity contribution < 1.29 is 15.1 Å². The summed E-state index contributed by atoms with van der Waals surface area (Å²) >= 11 is 1.30. The van der Waals surface area contributed by atoms with Gasteiger partial charge in [0.25, 0.3) is 0 Å². The predicted molar refractivity (Wildman–Crippen MR) is 52.6 cm³/mol. The molecule has 0 bridgehead atoms. The lowest BCUT2D eigenvalue weighted by molar-refractivity contribution is -0.386. The minimum Gasteiger partial charge on any atom is -0.502 e. The number of hydrogen-bond donors (Lipinski definition) is 2. The third kappa shape index (κ3) is 2.61. The number of nitro benzene ring substituents is 1. The van der Waals surface area contributed by atoms with Crippen molar-refractivity contribution in [2.75, 3.05) is 12.4 Å². The molecule has 76 valence electrons. The summed E-state index contributed by atoms with van der Waals surface area (Å²) in [7, 11) is 0. The van der Waals surface area contributed by atoms with Crippen molar-refractivity contribution in [3.63, 3.8) is 0 Å². The molecule has 0 radical (unpaired) electrons. The van der Waals surface area contributed by atoms with Crippen molar-refractivity contribution in [3.05, 3.63) is 28.3 Å². The summed E-state index contributed by atoms with van der Waals surface area (Å²) in [6.07, 6.45) is 0. The fourth-order valence-corrected chi connectivity index (χ4v) is 1.59. The van der Waals surface area contributed by atoms with Crippen LogP contribution in [-0.2, 0) is 0 Å². The fraction of sp³-hybridized carbons (Fsp3) is 0.250. The normalized spacial score (nSPS) is 10.1. The van der Waals surface area contributed by atoms with E-state index in [0.29, 0.717) is 10.6 Å². The van der Waals surface area contributed by atoms with Crippen molar-refractivity contribution in [3.8, 4) is 5.75 Å². The zero-order valence-electron chi connectivity index (χ0n) is 7.21. The first-order chi connectivity index (χ1) is 6.65. The first kappa shape index (κ1) is 10.8. The minimum atomic E-state index is -0.641. The van der Waals surface area contributed by atoms with Gasteiger partial charge in [-0.2, -0.15) is 0 Å². The average molecular weight is 215 g/mol. The van der Waals surface area contributed by atoms with E-state index in [2.05, 4.69) is 0 Å². The molecule has 0 amide bonds. The molecule has 0 spiro atoms. The molecule has 1 aromatic rings. The summed E-state index contributed by atoms with van der Waals surface area (Å²) in [4.78, 5) is 10.5. The number of hydrogen-bond acceptors (Lipinski definition) is 5. The van der Waals surface area contributed by atoms with E-state index in [4.69, 9.17) is 10.2 Å². The smallest absolute Gasteiger partial charge is 0.311 e. The van der Waals surface area contributed by atoms with Crippen LogP contribution in [0.1, 0.15) is 0 Å². The highest BCUT2D eigenvalue weighted by molar-refractivity contribution is 7.99. The molecular formula is C8H9NO4S. The van der Waals surface area contributed by atoms with Crippen LogP contribution in [0.25, 0.3) is 0 Å². The van der Waals surface area contributed by atoms with Crippen LogP contribution < -0.4 is 0 Å². The van der Waals surface area contributed by atoms with Crippen molar-refractivity contribution in [1.29, 1.82) is 0 Å². The number of thioether (sulfide) groups is 1. The van der Waals surface area contributed by atoms with Gasteiger partial charge >= 0.3 is 5.69 Å². The van der Waals surface area contributed by atoms with Gasteiger partial charge in [-0.05, 0) is 12.1 Å². The highest BCUT2D eigenvalue weighted by atomic mass is 32.2. The van der Waals surface area contributed by atoms with Crippen molar-refractivity contribution in [2.24, 2.45) is 0 Å². The number of aliphatic hydroxyl groups is 1. The molecule has 1 rings (SSSR count). The van der Waals surface area contributed by atoms with E-state index in [9.17, 15) is 10.1 Å². The molecule has 0 unspecified atom stereocenters. The van der Waals surface area contributed by atoms with E-state index in [-0.39, 0.29) is 18.0 Å². The number of nitrogens with zero attached hydrogens (tertiary/aromatic N) is 1. The monoisotopic (exact) mass is 215 g/mol. The molecule has 0 atom stereocenters. The van der Waals surface area contributed by atoms with Crippen LogP contribution >= 0.6 is 11.8 Å². The summed E-state index contributed by atoms with van der Waals surface area (Å²) < 4.78 is 0. The van der Waals surface area contributed by atoms with Crippen LogP contribution in [-0.4, -0.2) is 27.5 Å². The summed E-state index contributed by atoms with van der Waals surface area (Å²) in [5.74, 6) is 0.130. The van der Waals surface area contributed by atoms with Crippen molar-refractivity contribution >= 4 is 17.4 Å². The Bertz CT molecular complexity index is 342. The molecule has 0 aromatic heterocycles. The summed E-state index contributed by atoms with van der Waals surface area (Å²) in [5.41, 5.74) is -0.312. The van der Waals surface area contributed by atoms with Crippen LogP contribution in [0.4, 0.5) is 5.69 Å². The zero-order valence-corrected chi connectivity index (χ0v) is 8.03. The Morgan fingerprint density at radius 3 is 2.79 bits per heavy atom. The van der Waals surface area contributed by atoms with Crippen LogP contribution in [0, 0.1) is 10.1 Å². The molecule has 0 aliphatic heterocycles. The molecule has 0 aliphatic carbocycles. The number of phenolic OH excluding ortho intramolecular Hbond substituents is 1. The Kier molecular flexibility index (Phi) is 3.73. The van der Waals surface area contributed by atoms with E-state index < -0.39 is 4.92 Å². The largest absolute Gasteiger partial charge is 0.502 e. The van der Waals surface area contributed by atoms with Gasteiger partial charge in [0.1, 0.15) is 0 Å². The highest BCUT2D eigenvalue weighted by Crippen LogP contribution is 2.30. The second-order valence-electron chi connectivity index (χ2n) is 2.48. The molecule has 2 N–H and O–H groups in total. The molecule has 5 nitrogen and oxygen atoms in total. The third-order valence-electron chi connectivity index (χ3n) is 1.50. The zero-order chi connectivity index (χ0) is 10.6. The van der Waals surface area contributed by atoms with Gasteiger partial charge in [0.15, 0.2) is 5.75 Å². The number of benzene rings is 1. The van der Waals surface area contributed by atoms with E-state index in [1.807, 2.05) is 0 Å². The maximum atomic E-state index is 10.4. The molecule has 0 saturated heterocycles. The van der Waals surface area contributed by atoms with E-state index in [1.54, 1.807) is 6.07 Å². The van der Waals surface area contributed by atoms with Gasteiger partial charge in [-0.15, -0.1) is 11.8 Å². The molecule has 0 aliphatic rings. The topological polar surface area (TPSA) is 83.6 Å². The summed E-state index contributed by atoms with van der Waals surface area (Å²) in [6, 6.07) is 4.14. The Labute approximate surface area is 84.5 Å². The van der Waals surface area contributed by atoms with Gasteiger partial charge in [0, 0.05) is 16.7 Å². The maximum absolute atomic E-state index is 10.4. The molecular weight excluding hydrogens is 206 g/mol. The van der Waals surface area contributed by atoms with Crippen molar-refractivity contribution in [1.82, 2.24) is 0 Å². The number of nitro groups is 1. The Balaban J connectivity index is 2.89. The SMILES string of the molecule is O=[N+]([O-])c1cc(SCCO)ccc1O. The molecule has 0 heterocycles. The molecule has 1 aromatic carbocycles. The second-order valence-corrected chi connectivity index (χ2v) is 3.65. The lowest BCUT2D eigenvalue weighted by Gasteiger charge is -2.00. The lowest BCUT2D eigenvalue weighted by atomic mass is 10.3. The van der Waals surface area contributed by atoms with Gasteiger partial charge in [0.2, 0.25) is 0 Å². The summed E-state index contributed by atoms with van der Waals surface area (Å²) in [5, 5.41) is 28.1. The predicted octanol–water partition coefficient (Wildman–Crippen LogP) is 1.38. The Hall–Kier alpha value is -1.27. The molecule has 14 heavy (non-hydrogen) atoms. The number of aliphatic hydroxyl groups excluding tert-OH is 1. The summed E-state index contributed by atoms with van der Waals surface area (Å²) in [6.45, 7) is 0.0132. The standard InChI is InChI=1S/C8H9NO4S/c10-3-4-14-6-1-2-8(11)7(5-6)9(12)13/h1-2,5,10-11H,3-4H2. The first-order valence-electron chi connectivity index (χ1n) is 3.86. The fourth-order valence-electron chi connectivity index (χ4n) is 0.903. The molecule has 0 saturated carbocycles. The average Bonchev–Trinajstić information content (AvgIpc) is 2.16. The van der Waals surface area contributed by atoms with E-state index in [1.165, 1.54) is 23.9 Å². The van der Waals surface area contributed by atoms with Crippen LogP contribution in [0.5, 0.6) is 5.75 Å². The Morgan fingerprint density at radius 2 is 2.21 bits per heavy atom. The van der Waals surface area contributed by atoms with Gasteiger partial charge in [-0.3, -0.25) is 10.1 Å². The van der Waals surface area contributed by atoms with Crippen LogP contribution in [0.2, 0.25) is 0 Å². The van der Waals surface area contributed by atoms with E-state index in [0.717, 1.165) is 0 Å². The van der Waals surface area contributed by atoms with Gasteiger partial charge in [-0.1, -0.05) is 0 Å². The quantitative estimate of drug-likeness (QED) is 0.450. The van der Waals surface area contributed by atoms with Crippen molar-refractivity contribution in [2.45, 2.75) is 4.90 Å². The first-order valence-corrected chi connectivity index (χ1v) is 4.85. The van der Waals surface area contributed by atoms with Gasteiger partial charge in [-0.25, -0.2) is 0 Å². The molecule has 0 fully saturated rings. The number of phenols is 1. The lowest BCUT2D eigenvalue weighted by Crippen LogP contribution is -1.90. The number of aromatic hydroxyl groups is 1. The highest BCUT2D eigenvalue weighted by Gasteiger charge is 2.13. The second kappa shape index (κ2) is 4.83. The Morgan fingerprint density at radius 1 is 1.50 bits per heavy atom. The molecule has 6 heteroatoms. The van der Waals surface area contributed by atoms with Crippen LogP contribution in [0.15, 0.2) is 23.1 Å². The van der Waals surface area contributed by atoms with E-state index >= 15 is 0 Å². The maximum Gasteiger partial charge on any atom is 0.311 e. The van der Waals surface area contributed by atoms with Gasteiger partial charge in [0.05, 0.1) is 11.5 Å². The number of rotatable bonds is 4. The van der Waals surface area contributed by atoms with Crippen LogP contribution in [0.3, 0.4) is 0 Å².